The van der Waals surface area contributed by atoms with Crippen LogP contribution in [0.15, 0.2) is 12.2 Å². The Morgan fingerprint density at radius 1 is 1.24 bits per heavy atom. The molecule has 17 heavy (non-hydrogen) atoms. The van der Waals surface area contributed by atoms with Gasteiger partial charge in [0.25, 0.3) is 0 Å². The van der Waals surface area contributed by atoms with Gasteiger partial charge in [-0.2, -0.15) is 0 Å². The second-order valence-corrected chi connectivity index (χ2v) is 4.79. The fourth-order valence-electron chi connectivity index (χ4n) is 2.02. The number of carbonyl (C=O) groups is 1. The molecule has 1 N–H and O–H groups in total. The number of hydrogen-bond donors (Lipinski definition) is 1. The van der Waals surface area contributed by atoms with Crippen molar-refractivity contribution < 1.29 is 9.53 Å². The summed E-state index contributed by atoms with van der Waals surface area (Å²) in [7, 11) is 0. The van der Waals surface area contributed by atoms with Crippen molar-refractivity contribution in [2.24, 2.45) is 0 Å². The van der Waals surface area contributed by atoms with Gasteiger partial charge >= 0.3 is 6.09 Å². The Hall–Kier alpha value is -0.990. The van der Waals surface area contributed by atoms with Crippen molar-refractivity contribution in [1.29, 1.82) is 0 Å². The fraction of sp³-hybridized carbons (Fsp3) is 0.786. The number of nitrogens with one attached hydrogen (secondary N) is 1. The third-order valence-corrected chi connectivity index (χ3v) is 3.17. The first-order valence-corrected chi connectivity index (χ1v) is 6.86. The lowest BCUT2D eigenvalue weighted by atomic mass is 10.1. The minimum absolute atomic E-state index is 0.0128. The van der Waals surface area contributed by atoms with Gasteiger partial charge in [-0.1, -0.05) is 44.8 Å². The number of allylic oxidation sites excluding steroid dienone is 1. The van der Waals surface area contributed by atoms with Gasteiger partial charge in [-0.3, -0.25) is 0 Å². The zero-order valence-electron chi connectivity index (χ0n) is 11.1. The molecule has 1 aliphatic heterocycles. The summed E-state index contributed by atoms with van der Waals surface area (Å²) in [5.74, 6) is 0. The summed E-state index contributed by atoms with van der Waals surface area (Å²) in [5.41, 5.74) is 0. The second-order valence-electron chi connectivity index (χ2n) is 4.79. The van der Waals surface area contributed by atoms with E-state index in [9.17, 15) is 4.79 Å². The standard InChI is InChI=1S/C14H25NO2/c1-3-4-5-6-7-8-9-10-11-13-12(2)15-14(16)17-13/h9-10,12-13H,3-8,11H2,1-2H3,(H,15,16)/b10-9+/t12-,13+/m0/s1. The Kier molecular flexibility index (Phi) is 6.75. The molecule has 0 radical (unpaired) electrons. The van der Waals surface area contributed by atoms with Gasteiger partial charge in [-0.05, 0) is 19.8 Å². The third-order valence-electron chi connectivity index (χ3n) is 3.17. The first-order chi connectivity index (χ1) is 8.24. The number of alkyl carbamates (subject to hydrolysis) is 1. The molecule has 0 saturated carbocycles. The van der Waals surface area contributed by atoms with Gasteiger partial charge in [0.2, 0.25) is 0 Å². The van der Waals surface area contributed by atoms with Crippen molar-refractivity contribution >= 4 is 6.09 Å². The lowest BCUT2D eigenvalue weighted by Crippen LogP contribution is -2.27. The molecule has 1 amide bonds. The van der Waals surface area contributed by atoms with Gasteiger partial charge in [-0.25, -0.2) is 4.79 Å². The van der Waals surface area contributed by atoms with E-state index in [1.807, 2.05) is 6.92 Å². The molecule has 3 nitrogen and oxygen atoms in total. The third kappa shape index (κ3) is 5.76. The second kappa shape index (κ2) is 8.15. The molecule has 1 saturated heterocycles. The van der Waals surface area contributed by atoms with E-state index >= 15 is 0 Å². The molecule has 1 rings (SSSR count). The molecule has 0 aromatic carbocycles. The van der Waals surface area contributed by atoms with Gasteiger partial charge in [0.05, 0.1) is 6.04 Å². The van der Waals surface area contributed by atoms with Crippen LogP contribution in [0.4, 0.5) is 4.79 Å². The maximum Gasteiger partial charge on any atom is 0.407 e. The fourth-order valence-corrected chi connectivity index (χ4v) is 2.02. The molecular formula is C14H25NO2. The van der Waals surface area contributed by atoms with Crippen molar-refractivity contribution in [2.75, 3.05) is 0 Å². The topological polar surface area (TPSA) is 38.3 Å². The predicted octanol–water partition coefficient (Wildman–Crippen LogP) is 3.79. The number of cyclic esters (lactones) is 1. The highest BCUT2D eigenvalue weighted by atomic mass is 16.6. The van der Waals surface area contributed by atoms with E-state index in [0.717, 1.165) is 12.8 Å². The zero-order valence-corrected chi connectivity index (χ0v) is 11.1. The van der Waals surface area contributed by atoms with Crippen LogP contribution < -0.4 is 5.32 Å². The van der Waals surface area contributed by atoms with E-state index in [2.05, 4.69) is 24.4 Å². The van der Waals surface area contributed by atoms with E-state index in [1.165, 1.54) is 32.1 Å². The van der Waals surface area contributed by atoms with Crippen LogP contribution in [0.5, 0.6) is 0 Å². The number of carbonyl (C=O) groups excluding carboxylic acids is 1. The predicted molar refractivity (Wildman–Crippen MR) is 70.0 cm³/mol. The maximum atomic E-state index is 10.9. The van der Waals surface area contributed by atoms with Crippen molar-refractivity contribution in [3.8, 4) is 0 Å². The molecule has 0 aromatic heterocycles. The number of ether oxygens (including phenoxy) is 1. The summed E-state index contributed by atoms with van der Waals surface area (Å²) in [5, 5.41) is 2.75. The van der Waals surface area contributed by atoms with Gasteiger partial charge in [0.1, 0.15) is 6.10 Å². The van der Waals surface area contributed by atoms with Crippen molar-refractivity contribution in [3.05, 3.63) is 12.2 Å². The molecule has 1 heterocycles. The highest BCUT2D eigenvalue weighted by Gasteiger charge is 2.28. The van der Waals surface area contributed by atoms with E-state index in [4.69, 9.17) is 4.74 Å². The quantitative estimate of drug-likeness (QED) is 0.517. The smallest absolute Gasteiger partial charge is 0.407 e. The summed E-state index contributed by atoms with van der Waals surface area (Å²) >= 11 is 0. The Bertz CT molecular complexity index is 251. The molecule has 1 fully saturated rings. The van der Waals surface area contributed by atoms with Crippen LogP contribution in [-0.2, 0) is 4.74 Å². The largest absolute Gasteiger partial charge is 0.444 e. The van der Waals surface area contributed by atoms with E-state index in [0.29, 0.717) is 0 Å². The number of rotatable bonds is 8. The molecule has 0 spiro atoms. The van der Waals surface area contributed by atoms with Crippen LogP contribution in [0.3, 0.4) is 0 Å². The summed E-state index contributed by atoms with van der Waals surface area (Å²) in [6.07, 6.45) is 12.7. The SMILES string of the molecule is CCCCCCC/C=C/C[C@H]1OC(=O)N[C@H]1C. The molecule has 1 aliphatic rings. The van der Waals surface area contributed by atoms with Crippen LogP contribution >= 0.6 is 0 Å². The minimum atomic E-state index is -0.282. The summed E-state index contributed by atoms with van der Waals surface area (Å²) in [6, 6.07) is 0.136. The molecule has 2 atom stereocenters. The van der Waals surface area contributed by atoms with Crippen LogP contribution in [0.2, 0.25) is 0 Å². The van der Waals surface area contributed by atoms with E-state index in [1.54, 1.807) is 0 Å². The average Bonchev–Trinajstić information content (AvgIpc) is 2.61. The molecule has 0 unspecified atom stereocenters. The lowest BCUT2D eigenvalue weighted by Gasteiger charge is -2.09. The van der Waals surface area contributed by atoms with Gasteiger partial charge in [0, 0.05) is 6.42 Å². The highest BCUT2D eigenvalue weighted by Crippen LogP contribution is 2.13. The average molecular weight is 239 g/mol. The van der Waals surface area contributed by atoms with Crippen LogP contribution in [0.1, 0.15) is 58.8 Å². The lowest BCUT2D eigenvalue weighted by molar-refractivity contribution is 0.134. The minimum Gasteiger partial charge on any atom is -0.444 e. The molecular weight excluding hydrogens is 214 g/mol. The van der Waals surface area contributed by atoms with Crippen molar-refractivity contribution in [3.63, 3.8) is 0 Å². The normalized spacial score (nSPS) is 24.0. The Morgan fingerprint density at radius 2 is 2.00 bits per heavy atom. The summed E-state index contributed by atoms with van der Waals surface area (Å²) < 4.78 is 5.13. The first kappa shape index (κ1) is 14.1. The molecule has 3 heteroatoms. The van der Waals surface area contributed by atoms with Crippen LogP contribution in [0.25, 0.3) is 0 Å². The van der Waals surface area contributed by atoms with Crippen molar-refractivity contribution in [1.82, 2.24) is 5.32 Å². The Morgan fingerprint density at radius 3 is 2.65 bits per heavy atom. The highest BCUT2D eigenvalue weighted by molar-refractivity contribution is 5.70. The summed E-state index contributed by atoms with van der Waals surface area (Å²) in [4.78, 5) is 10.9. The molecule has 0 bridgehead atoms. The van der Waals surface area contributed by atoms with Crippen molar-refractivity contribution in [2.45, 2.75) is 70.9 Å². The van der Waals surface area contributed by atoms with Gasteiger partial charge < -0.3 is 10.1 Å². The molecule has 98 valence electrons. The maximum absolute atomic E-state index is 10.9. The van der Waals surface area contributed by atoms with Gasteiger partial charge in [-0.15, -0.1) is 0 Å². The van der Waals surface area contributed by atoms with Crippen LogP contribution in [0, 0.1) is 0 Å². The number of hydrogen-bond acceptors (Lipinski definition) is 2. The number of amides is 1. The van der Waals surface area contributed by atoms with E-state index < -0.39 is 0 Å². The van der Waals surface area contributed by atoms with Crippen LogP contribution in [-0.4, -0.2) is 18.2 Å². The zero-order chi connectivity index (χ0) is 12.5. The Labute approximate surface area is 105 Å². The Balaban J connectivity index is 2.00. The van der Waals surface area contributed by atoms with Gasteiger partial charge in [0.15, 0.2) is 0 Å². The summed E-state index contributed by atoms with van der Waals surface area (Å²) in [6.45, 7) is 4.21. The van der Waals surface area contributed by atoms with E-state index in [-0.39, 0.29) is 18.2 Å². The number of unbranched alkanes of at least 4 members (excludes halogenated alkanes) is 5. The molecule has 0 aromatic rings. The first-order valence-electron chi connectivity index (χ1n) is 6.86. The molecule has 0 aliphatic carbocycles. The monoisotopic (exact) mass is 239 g/mol.